The van der Waals surface area contributed by atoms with Crippen molar-refractivity contribution >= 4 is 38.3 Å². The van der Waals surface area contributed by atoms with Crippen LogP contribution in [0, 0.1) is 15.9 Å². The van der Waals surface area contributed by atoms with E-state index in [1.54, 1.807) is 16.4 Å². The number of hydrogen-bond acceptors (Lipinski definition) is 7. The number of rotatable bonds is 6. The summed E-state index contributed by atoms with van der Waals surface area (Å²) >= 11 is 0. The maximum atomic E-state index is 15.0. The van der Waals surface area contributed by atoms with E-state index in [9.17, 15) is 33.2 Å². The quantitative estimate of drug-likeness (QED) is 0.398. The molecule has 2 heterocycles. The Kier molecular flexibility index (Phi) is 6.30. The molecule has 1 aliphatic heterocycles. The normalized spacial score (nSPS) is 14.9. The number of nitro groups is 1. The molecule has 0 amide bonds. The molecule has 3 aromatic rings. The van der Waals surface area contributed by atoms with Gasteiger partial charge in [0.25, 0.3) is 5.69 Å². The first kappa shape index (κ1) is 24.3. The predicted molar refractivity (Wildman–Crippen MR) is 125 cm³/mol. The zero-order valence-corrected chi connectivity index (χ0v) is 19.4. The smallest absolute Gasteiger partial charge is 0.341 e. The van der Waals surface area contributed by atoms with Gasteiger partial charge >= 0.3 is 5.97 Å². The Morgan fingerprint density at radius 2 is 1.77 bits per heavy atom. The molecule has 0 aliphatic carbocycles. The Hall–Kier alpha value is -3.84. The van der Waals surface area contributed by atoms with Gasteiger partial charge in [0.1, 0.15) is 11.4 Å². The van der Waals surface area contributed by atoms with Crippen LogP contribution in [0.4, 0.5) is 15.8 Å². The van der Waals surface area contributed by atoms with E-state index in [1.807, 2.05) is 0 Å². The Labute approximate surface area is 198 Å². The average molecular weight is 504 g/mol. The number of carboxylic acid groups (broad SMARTS) is 1. The number of piperazine rings is 1. The molecule has 1 saturated heterocycles. The van der Waals surface area contributed by atoms with E-state index >= 15 is 4.39 Å². The third-order valence-corrected chi connectivity index (χ3v) is 7.90. The van der Waals surface area contributed by atoms with Crippen LogP contribution in [0.1, 0.15) is 17.3 Å². The van der Waals surface area contributed by atoms with Gasteiger partial charge in [0.15, 0.2) is 0 Å². The van der Waals surface area contributed by atoms with Crippen molar-refractivity contribution in [3.8, 4) is 0 Å². The number of anilines is 1. The van der Waals surface area contributed by atoms with Gasteiger partial charge in [-0.2, -0.15) is 4.31 Å². The van der Waals surface area contributed by atoms with E-state index in [-0.39, 0.29) is 47.8 Å². The van der Waals surface area contributed by atoms with Gasteiger partial charge in [-0.25, -0.2) is 17.6 Å². The van der Waals surface area contributed by atoms with Crippen molar-refractivity contribution in [3.05, 3.63) is 74.3 Å². The first-order valence-electron chi connectivity index (χ1n) is 10.6. The van der Waals surface area contributed by atoms with Crippen LogP contribution < -0.4 is 10.3 Å². The number of fused-ring (bicyclic) bond motifs is 1. The number of non-ortho nitro benzene ring substituents is 1. The van der Waals surface area contributed by atoms with Crippen molar-refractivity contribution in [2.75, 3.05) is 31.1 Å². The van der Waals surface area contributed by atoms with E-state index in [0.29, 0.717) is 12.1 Å². The van der Waals surface area contributed by atoms with Gasteiger partial charge in [0.05, 0.1) is 21.0 Å². The number of aromatic nitrogens is 1. The molecule has 0 unspecified atom stereocenters. The highest BCUT2D eigenvalue weighted by Crippen LogP contribution is 2.28. The summed E-state index contributed by atoms with van der Waals surface area (Å²) in [5.74, 6) is -2.11. The van der Waals surface area contributed by atoms with E-state index in [2.05, 4.69) is 0 Å². The summed E-state index contributed by atoms with van der Waals surface area (Å²) in [6.07, 6.45) is 1.23. The first-order chi connectivity index (χ1) is 16.5. The van der Waals surface area contributed by atoms with Gasteiger partial charge in [-0.05, 0) is 31.2 Å². The Morgan fingerprint density at radius 3 is 2.31 bits per heavy atom. The fourth-order valence-electron chi connectivity index (χ4n) is 4.11. The van der Waals surface area contributed by atoms with E-state index < -0.39 is 37.7 Å². The number of pyridine rings is 1. The molecule has 1 aromatic heterocycles. The highest BCUT2D eigenvalue weighted by molar-refractivity contribution is 7.89. The number of benzene rings is 2. The zero-order chi connectivity index (χ0) is 25.5. The molecule has 11 nitrogen and oxygen atoms in total. The van der Waals surface area contributed by atoms with Gasteiger partial charge in [-0.15, -0.1) is 0 Å². The molecule has 0 radical (unpaired) electrons. The minimum Gasteiger partial charge on any atom is -0.477 e. The maximum Gasteiger partial charge on any atom is 0.341 e. The first-order valence-corrected chi connectivity index (χ1v) is 12.1. The molecule has 0 atom stereocenters. The second-order valence-electron chi connectivity index (χ2n) is 7.93. The number of halogens is 1. The molecule has 35 heavy (non-hydrogen) atoms. The van der Waals surface area contributed by atoms with Crippen LogP contribution in [0.5, 0.6) is 0 Å². The van der Waals surface area contributed by atoms with Crippen LogP contribution in [0.15, 0.2) is 52.3 Å². The molecule has 13 heteroatoms. The lowest BCUT2D eigenvalue weighted by atomic mass is 10.1. The molecule has 184 valence electrons. The number of hydrogen-bond donors (Lipinski definition) is 1. The van der Waals surface area contributed by atoms with Crippen LogP contribution in [-0.2, 0) is 16.6 Å². The van der Waals surface area contributed by atoms with Crippen molar-refractivity contribution < 1.29 is 27.6 Å². The average Bonchev–Trinajstić information content (AvgIpc) is 2.84. The predicted octanol–water partition coefficient (Wildman–Crippen LogP) is 2.28. The molecule has 4 rings (SSSR count). The number of carboxylic acids is 1. The van der Waals surface area contributed by atoms with Crippen LogP contribution in [0.3, 0.4) is 0 Å². The van der Waals surface area contributed by atoms with Gasteiger partial charge in [-0.1, -0.05) is 0 Å². The summed E-state index contributed by atoms with van der Waals surface area (Å²) in [6.45, 7) is 2.55. The minimum atomic E-state index is -3.89. The van der Waals surface area contributed by atoms with Crippen LogP contribution in [0.2, 0.25) is 0 Å². The third-order valence-electron chi connectivity index (χ3n) is 5.98. The standard InChI is InChI=1S/C22H21FN4O7S/c1-2-24-13-17(22(29)30)21(28)16-11-18(23)20(12-19(16)24)25-7-9-26(10-8-25)35(33,34)15-5-3-14(4-6-15)27(31)32/h3-6,11-13H,2,7-10H2,1H3,(H,29,30). The lowest BCUT2D eigenvalue weighted by molar-refractivity contribution is -0.384. The molecule has 1 N–H and O–H groups in total. The molecule has 0 spiro atoms. The van der Waals surface area contributed by atoms with E-state index in [4.69, 9.17) is 0 Å². The molecule has 1 aliphatic rings. The fourth-order valence-corrected chi connectivity index (χ4v) is 5.54. The second kappa shape index (κ2) is 9.07. The number of aryl methyl sites for hydroxylation is 1. The van der Waals surface area contributed by atoms with Crippen molar-refractivity contribution in [1.82, 2.24) is 8.87 Å². The van der Waals surface area contributed by atoms with Crippen molar-refractivity contribution in [2.24, 2.45) is 0 Å². The topological polar surface area (TPSA) is 143 Å². The molecule has 2 aromatic carbocycles. The monoisotopic (exact) mass is 504 g/mol. The number of aromatic carboxylic acids is 1. The van der Waals surface area contributed by atoms with Crippen LogP contribution >= 0.6 is 0 Å². The fraction of sp³-hybridized carbons (Fsp3) is 0.273. The van der Waals surface area contributed by atoms with Gasteiger partial charge < -0.3 is 14.6 Å². The zero-order valence-electron chi connectivity index (χ0n) is 18.5. The van der Waals surface area contributed by atoms with Crippen molar-refractivity contribution in [2.45, 2.75) is 18.4 Å². The van der Waals surface area contributed by atoms with E-state index in [0.717, 1.165) is 18.2 Å². The number of nitro benzene ring substituents is 1. The molecular weight excluding hydrogens is 483 g/mol. The molecule has 1 fully saturated rings. The Morgan fingerprint density at radius 1 is 1.14 bits per heavy atom. The highest BCUT2D eigenvalue weighted by atomic mass is 32.2. The number of sulfonamides is 1. The summed E-state index contributed by atoms with van der Waals surface area (Å²) in [7, 11) is -3.89. The summed E-state index contributed by atoms with van der Waals surface area (Å²) < 4.78 is 43.7. The van der Waals surface area contributed by atoms with Crippen molar-refractivity contribution in [1.29, 1.82) is 0 Å². The second-order valence-corrected chi connectivity index (χ2v) is 9.86. The lowest BCUT2D eigenvalue weighted by Gasteiger charge is -2.35. The van der Waals surface area contributed by atoms with E-state index in [1.165, 1.54) is 28.7 Å². The van der Waals surface area contributed by atoms with Gasteiger partial charge in [-0.3, -0.25) is 14.9 Å². The SMILES string of the molecule is CCn1cc(C(=O)O)c(=O)c2cc(F)c(N3CCN(S(=O)(=O)c4ccc([N+](=O)[O-])cc4)CC3)cc21. The lowest BCUT2D eigenvalue weighted by Crippen LogP contribution is -2.48. The summed E-state index contributed by atoms with van der Waals surface area (Å²) in [4.78, 5) is 35.7. The van der Waals surface area contributed by atoms with Gasteiger partial charge in [0, 0.05) is 56.4 Å². The number of carbonyl (C=O) groups is 1. The molecule has 0 saturated carbocycles. The maximum absolute atomic E-state index is 15.0. The summed E-state index contributed by atoms with van der Waals surface area (Å²) in [5.41, 5.74) is -0.894. The van der Waals surface area contributed by atoms with Crippen LogP contribution in [0.25, 0.3) is 10.9 Å². The Bertz CT molecular complexity index is 1490. The summed E-state index contributed by atoms with van der Waals surface area (Å²) in [5, 5.41) is 20.0. The largest absolute Gasteiger partial charge is 0.477 e. The Balaban J connectivity index is 1.61. The highest BCUT2D eigenvalue weighted by Gasteiger charge is 2.30. The molecular formula is C22H21FN4O7S. The third kappa shape index (κ3) is 4.35. The van der Waals surface area contributed by atoms with Crippen molar-refractivity contribution in [3.63, 3.8) is 0 Å². The minimum absolute atomic E-state index is 0.0487. The van der Waals surface area contributed by atoms with Crippen LogP contribution in [-0.4, -0.2) is 59.5 Å². The number of nitrogens with zero attached hydrogens (tertiary/aromatic N) is 4. The molecule has 0 bridgehead atoms. The summed E-state index contributed by atoms with van der Waals surface area (Å²) in [6, 6.07) is 7.09. The van der Waals surface area contributed by atoms with Gasteiger partial charge in [0.2, 0.25) is 15.5 Å².